The van der Waals surface area contributed by atoms with E-state index in [1.54, 1.807) is 18.2 Å². The lowest BCUT2D eigenvalue weighted by atomic mass is 10.2. The minimum Gasteiger partial charge on any atom is -0.483 e. The van der Waals surface area contributed by atoms with Crippen molar-refractivity contribution in [3.8, 4) is 11.8 Å². The van der Waals surface area contributed by atoms with Gasteiger partial charge in [-0.25, -0.2) is 4.39 Å². The van der Waals surface area contributed by atoms with Gasteiger partial charge in [-0.1, -0.05) is 12.1 Å². The molecule has 21 heavy (non-hydrogen) atoms. The van der Waals surface area contributed by atoms with E-state index in [9.17, 15) is 4.39 Å². The van der Waals surface area contributed by atoms with E-state index in [2.05, 4.69) is 0 Å². The van der Waals surface area contributed by atoms with Crippen molar-refractivity contribution in [1.29, 1.82) is 5.26 Å². The molecule has 3 rings (SSSR count). The molecule has 0 saturated carbocycles. The van der Waals surface area contributed by atoms with Crippen LogP contribution in [-0.2, 0) is 6.61 Å². The first-order valence-electron chi connectivity index (χ1n) is 6.27. The Hall–Kier alpha value is -3.00. The van der Waals surface area contributed by atoms with Gasteiger partial charge in [-0.15, -0.1) is 0 Å². The summed E-state index contributed by atoms with van der Waals surface area (Å²) in [6.07, 6.45) is 0. The van der Waals surface area contributed by atoms with Crippen molar-refractivity contribution in [2.75, 3.05) is 5.73 Å². The number of nitrogens with two attached hydrogens (primary N) is 1. The molecule has 104 valence electrons. The summed E-state index contributed by atoms with van der Waals surface area (Å²) in [7, 11) is 0. The lowest BCUT2D eigenvalue weighted by Crippen LogP contribution is -1.98. The number of anilines is 1. The number of hydrogen-bond acceptors (Lipinski definition) is 4. The molecule has 2 aromatic carbocycles. The highest BCUT2D eigenvalue weighted by atomic mass is 19.1. The van der Waals surface area contributed by atoms with Gasteiger partial charge < -0.3 is 14.9 Å². The number of para-hydroxylation sites is 1. The molecule has 0 amide bonds. The average molecular weight is 282 g/mol. The van der Waals surface area contributed by atoms with Gasteiger partial charge in [0, 0.05) is 5.69 Å². The van der Waals surface area contributed by atoms with Crippen LogP contribution in [0.5, 0.6) is 5.75 Å². The Labute approximate surface area is 120 Å². The van der Waals surface area contributed by atoms with Crippen LogP contribution >= 0.6 is 0 Å². The highest BCUT2D eigenvalue weighted by molar-refractivity contribution is 5.86. The number of nitrogens with zero attached hydrogens (tertiary/aromatic N) is 1. The van der Waals surface area contributed by atoms with E-state index in [-0.39, 0.29) is 12.4 Å². The number of rotatable bonds is 3. The molecule has 3 aromatic rings. The maximum atomic E-state index is 13.3. The van der Waals surface area contributed by atoms with E-state index in [0.29, 0.717) is 28.0 Å². The molecule has 0 aliphatic rings. The van der Waals surface area contributed by atoms with Crippen molar-refractivity contribution in [2.24, 2.45) is 0 Å². The predicted molar refractivity (Wildman–Crippen MR) is 76.1 cm³/mol. The molecule has 0 atom stereocenters. The Morgan fingerprint density at radius 2 is 2.05 bits per heavy atom. The predicted octanol–water partition coefficient (Wildman–Crippen LogP) is 3.60. The number of nitriles is 1. The van der Waals surface area contributed by atoms with Crippen molar-refractivity contribution >= 4 is 16.7 Å². The van der Waals surface area contributed by atoms with Crippen LogP contribution in [0.15, 0.2) is 46.9 Å². The van der Waals surface area contributed by atoms with E-state index in [4.69, 9.17) is 20.1 Å². The third-order valence-corrected chi connectivity index (χ3v) is 3.01. The van der Waals surface area contributed by atoms with Crippen LogP contribution in [0, 0.1) is 17.1 Å². The smallest absolute Gasteiger partial charge is 0.246 e. The molecule has 5 heteroatoms. The molecule has 2 N–H and O–H groups in total. The van der Waals surface area contributed by atoms with Gasteiger partial charge in [0.2, 0.25) is 5.76 Å². The van der Waals surface area contributed by atoms with E-state index >= 15 is 0 Å². The highest BCUT2D eigenvalue weighted by Gasteiger charge is 2.15. The number of halogens is 1. The van der Waals surface area contributed by atoms with E-state index < -0.39 is 5.82 Å². The largest absolute Gasteiger partial charge is 0.483 e. The van der Waals surface area contributed by atoms with Gasteiger partial charge in [0.15, 0.2) is 5.75 Å². The minimum atomic E-state index is -0.425. The number of benzene rings is 2. The van der Waals surface area contributed by atoms with Gasteiger partial charge in [-0.05, 0) is 35.9 Å². The third-order valence-electron chi connectivity index (χ3n) is 3.01. The molecule has 0 fully saturated rings. The van der Waals surface area contributed by atoms with Crippen LogP contribution < -0.4 is 10.5 Å². The van der Waals surface area contributed by atoms with Crippen molar-refractivity contribution in [3.05, 3.63) is 59.6 Å². The lowest BCUT2D eigenvalue weighted by molar-refractivity contribution is 0.303. The van der Waals surface area contributed by atoms with Crippen LogP contribution in [0.25, 0.3) is 11.0 Å². The molecule has 0 bridgehead atoms. The normalized spacial score (nSPS) is 10.5. The molecular formula is C16H11FN2O2. The lowest BCUT2D eigenvalue weighted by Gasteiger charge is -2.06. The summed E-state index contributed by atoms with van der Waals surface area (Å²) in [5.74, 6) is 0.0302. The Morgan fingerprint density at radius 1 is 1.24 bits per heavy atom. The molecular weight excluding hydrogens is 271 g/mol. The van der Waals surface area contributed by atoms with Gasteiger partial charge in [0.05, 0.1) is 5.39 Å². The summed E-state index contributed by atoms with van der Waals surface area (Å²) < 4.78 is 24.3. The summed E-state index contributed by atoms with van der Waals surface area (Å²) in [6, 6.07) is 13.3. The average Bonchev–Trinajstić information content (AvgIpc) is 2.82. The molecule has 0 saturated heterocycles. The van der Waals surface area contributed by atoms with Gasteiger partial charge in [0.25, 0.3) is 0 Å². The number of hydrogen-bond donors (Lipinski definition) is 1. The zero-order valence-electron chi connectivity index (χ0n) is 11.0. The zero-order valence-corrected chi connectivity index (χ0v) is 11.0. The van der Waals surface area contributed by atoms with Crippen molar-refractivity contribution < 1.29 is 13.5 Å². The molecule has 1 aromatic heterocycles. The molecule has 0 radical (unpaired) electrons. The van der Waals surface area contributed by atoms with E-state index in [1.165, 1.54) is 12.1 Å². The van der Waals surface area contributed by atoms with Crippen molar-refractivity contribution in [1.82, 2.24) is 0 Å². The van der Waals surface area contributed by atoms with Crippen LogP contribution in [0.1, 0.15) is 11.3 Å². The quantitative estimate of drug-likeness (QED) is 0.745. The monoisotopic (exact) mass is 282 g/mol. The summed E-state index contributed by atoms with van der Waals surface area (Å²) in [5.41, 5.74) is 7.07. The van der Waals surface area contributed by atoms with Crippen molar-refractivity contribution in [3.63, 3.8) is 0 Å². The minimum absolute atomic E-state index is 0.0974. The van der Waals surface area contributed by atoms with Crippen LogP contribution in [-0.4, -0.2) is 0 Å². The van der Waals surface area contributed by atoms with E-state index in [0.717, 1.165) is 0 Å². The Kier molecular flexibility index (Phi) is 3.20. The Balaban J connectivity index is 1.93. The number of ether oxygens (including phenoxy) is 1. The maximum absolute atomic E-state index is 13.3. The first-order valence-corrected chi connectivity index (χ1v) is 6.27. The van der Waals surface area contributed by atoms with Crippen LogP contribution in [0.2, 0.25) is 0 Å². The van der Waals surface area contributed by atoms with Gasteiger partial charge in [-0.3, -0.25) is 0 Å². The first-order chi connectivity index (χ1) is 10.2. The van der Waals surface area contributed by atoms with Crippen LogP contribution in [0.3, 0.4) is 0 Å². The van der Waals surface area contributed by atoms with Gasteiger partial charge in [-0.2, -0.15) is 5.26 Å². The van der Waals surface area contributed by atoms with Gasteiger partial charge >= 0.3 is 0 Å². The second-order valence-corrected chi connectivity index (χ2v) is 4.55. The topological polar surface area (TPSA) is 72.2 Å². The third kappa shape index (κ3) is 2.51. The second kappa shape index (κ2) is 5.17. The summed E-state index contributed by atoms with van der Waals surface area (Å²) in [4.78, 5) is 0. The molecule has 1 heterocycles. The number of furan rings is 1. The molecule has 0 aliphatic heterocycles. The standard InChI is InChI=1S/C16H11FN2O2/c17-11-5-10(6-12(19)7-11)9-20-16-13-3-1-2-4-14(13)21-15(16)8-18/h1-7H,9,19H2. The first kappa shape index (κ1) is 13.0. The highest BCUT2D eigenvalue weighted by Crippen LogP contribution is 2.33. The van der Waals surface area contributed by atoms with Crippen LogP contribution in [0.4, 0.5) is 10.1 Å². The fourth-order valence-corrected chi connectivity index (χ4v) is 2.15. The molecule has 0 spiro atoms. The Morgan fingerprint density at radius 3 is 2.81 bits per heavy atom. The number of fused-ring (bicyclic) bond motifs is 1. The SMILES string of the molecule is N#Cc1oc2ccccc2c1OCc1cc(N)cc(F)c1. The van der Waals surface area contributed by atoms with Gasteiger partial charge in [0.1, 0.15) is 24.1 Å². The number of nitrogen functional groups attached to an aromatic ring is 1. The maximum Gasteiger partial charge on any atom is 0.246 e. The summed E-state index contributed by atoms with van der Waals surface area (Å²) in [5, 5.41) is 9.81. The van der Waals surface area contributed by atoms with E-state index in [1.807, 2.05) is 18.2 Å². The summed E-state index contributed by atoms with van der Waals surface area (Å²) in [6.45, 7) is 0.0974. The molecule has 0 aliphatic carbocycles. The second-order valence-electron chi connectivity index (χ2n) is 4.55. The molecule has 4 nitrogen and oxygen atoms in total. The zero-order chi connectivity index (χ0) is 14.8. The fraction of sp³-hybridized carbons (Fsp3) is 0.0625. The molecule has 0 unspecified atom stereocenters. The summed E-state index contributed by atoms with van der Waals surface area (Å²) >= 11 is 0. The fourth-order valence-electron chi connectivity index (χ4n) is 2.15. The Bertz CT molecular complexity index is 829. The van der Waals surface area contributed by atoms with Crippen molar-refractivity contribution in [2.45, 2.75) is 6.61 Å².